The van der Waals surface area contributed by atoms with E-state index in [4.69, 9.17) is 19.4 Å². The van der Waals surface area contributed by atoms with Gasteiger partial charge in [-0.15, -0.1) is 0 Å². The number of aromatic nitrogens is 2. The molecule has 0 fully saturated rings. The molecule has 5 aromatic rings. The van der Waals surface area contributed by atoms with Crippen LogP contribution in [-0.2, 0) is 11.4 Å². The summed E-state index contributed by atoms with van der Waals surface area (Å²) in [6.45, 7) is -0.163. The van der Waals surface area contributed by atoms with Crippen molar-refractivity contribution in [3.05, 3.63) is 83.4 Å². The Kier molecular flexibility index (Phi) is 4.48. The lowest BCUT2D eigenvalue weighted by atomic mass is 9.83. The fourth-order valence-corrected chi connectivity index (χ4v) is 4.80. The molecule has 0 unspecified atom stereocenters. The zero-order chi connectivity index (χ0) is 22.5. The standard InChI is InChI=1S/C27H20N2O4/c1-32-22-11-10-15(12-16(22)14-30)19-13-23(31)33-27-18-7-3-2-6-17(18)25-26(24(19)27)29-21-9-5-4-8-20(21)28-25/h2-12,19,30H,13-14H2,1H3/t19-/m1/s1. The maximum absolute atomic E-state index is 12.7. The van der Waals surface area contributed by atoms with E-state index >= 15 is 0 Å². The average molecular weight is 436 g/mol. The van der Waals surface area contributed by atoms with E-state index in [0.29, 0.717) is 17.1 Å². The summed E-state index contributed by atoms with van der Waals surface area (Å²) in [5.74, 6) is 0.548. The van der Waals surface area contributed by atoms with Crippen molar-refractivity contribution in [2.75, 3.05) is 7.11 Å². The predicted molar refractivity (Wildman–Crippen MR) is 126 cm³/mol. The number of para-hydroxylation sites is 2. The number of esters is 1. The van der Waals surface area contributed by atoms with Crippen LogP contribution in [0, 0.1) is 0 Å². The third-order valence-electron chi connectivity index (χ3n) is 6.31. The monoisotopic (exact) mass is 436 g/mol. The van der Waals surface area contributed by atoms with Crippen LogP contribution in [0.25, 0.3) is 32.8 Å². The SMILES string of the molecule is COc1ccc([C@H]2CC(=O)Oc3c2c2nc4ccccc4nc2c2ccccc32)cc1CO. The highest BCUT2D eigenvalue weighted by Crippen LogP contribution is 2.47. The molecule has 0 saturated heterocycles. The molecule has 1 aliphatic heterocycles. The third-order valence-corrected chi connectivity index (χ3v) is 6.31. The lowest BCUT2D eigenvalue weighted by Crippen LogP contribution is -2.22. The second-order valence-electron chi connectivity index (χ2n) is 8.16. The number of nitrogens with zero attached hydrogens (tertiary/aromatic N) is 2. The Hall–Kier alpha value is -4.03. The molecule has 4 aromatic carbocycles. The minimum absolute atomic E-state index is 0.163. The van der Waals surface area contributed by atoms with Gasteiger partial charge in [0.15, 0.2) is 0 Å². The van der Waals surface area contributed by atoms with Crippen LogP contribution in [0.3, 0.4) is 0 Å². The lowest BCUT2D eigenvalue weighted by molar-refractivity contribution is -0.135. The first kappa shape index (κ1) is 19.6. The van der Waals surface area contributed by atoms with Crippen LogP contribution >= 0.6 is 0 Å². The van der Waals surface area contributed by atoms with Crippen LogP contribution in [0.15, 0.2) is 66.7 Å². The van der Waals surface area contributed by atoms with Gasteiger partial charge in [0.1, 0.15) is 11.5 Å². The van der Waals surface area contributed by atoms with E-state index in [1.165, 1.54) is 0 Å². The molecule has 1 aliphatic rings. The number of carbonyl (C=O) groups excluding carboxylic acids is 1. The van der Waals surface area contributed by atoms with Crippen molar-refractivity contribution in [1.29, 1.82) is 0 Å². The molecule has 1 atom stereocenters. The van der Waals surface area contributed by atoms with E-state index in [-0.39, 0.29) is 24.9 Å². The van der Waals surface area contributed by atoms with E-state index in [1.807, 2.05) is 66.7 Å². The largest absolute Gasteiger partial charge is 0.496 e. The zero-order valence-electron chi connectivity index (χ0n) is 17.9. The Bertz CT molecular complexity index is 1580. The van der Waals surface area contributed by atoms with Crippen molar-refractivity contribution in [2.24, 2.45) is 0 Å². The molecule has 33 heavy (non-hydrogen) atoms. The molecule has 2 heterocycles. The number of aliphatic hydroxyl groups excluding tert-OH is 1. The Morgan fingerprint density at radius 2 is 1.67 bits per heavy atom. The van der Waals surface area contributed by atoms with Crippen molar-refractivity contribution < 1.29 is 19.4 Å². The van der Waals surface area contributed by atoms with Crippen molar-refractivity contribution in [3.63, 3.8) is 0 Å². The van der Waals surface area contributed by atoms with Crippen LogP contribution in [0.1, 0.15) is 29.0 Å². The van der Waals surface area contributed by atoms with Gasteiger partial charge in [-0.25, -0.2) is 9.97 Å². The van der Waals surface area contributed by atoms with Gasteiger partial charge in [-0.05, 0) is 29.8 Å². The van der Waals surface area contributed by atoms with Gasteiger partial charge in [-0.1, -0.05) is 42.5 Å². The van der Waals surface area contributed by atoms with Crippen molar-refractivity contribution in [2.45, 2.75) is 18.9 Å². The molecule has 0 radical (unpaired) electrons. The number of aliphatic hydroxyl groups is 1. The zero-order valence-corrected chi connectivity index (χ0v) is 17.9. The second kappa shape index (κ2) is 7.53. The first-order valence-electron chi connectivity index (χ1n) is 10.8. The van der Waals surface area contributed by atoms with Crippen LogP contribution in [0.4, 0.5) is 0 Å². The van der Waals surface area contributed by atoms with E-state index in [2.05, 4.69) is 0 Å². The first-order valence-corrected chi connectivity index (χ1v) is 10.8. The Morgan fingerprint density at radius 1 is 0.970 bits per heavy atom. The van der Waals surface area contributed by atoms with Crippen molar-refractivity contribution in [1.82, 2.24) is 9.97 Å². The quantitative estimate of drug-likeness (QED) is 0.188. The molecule has 162 valence electrons. The van der Waals surface area contributed by atoms with Gasteiger partial charge in [0.05, 0.1) is 42.2 Å². The summed E-state index contributed by atoms with van der Waals surface area (Å²) in [7, 11) is 1.57. The fourth-order valence-electron chi connectivity index (χ4n) is 4.80. The number of rotatable bonds is 3. The lowest BCUT2D eigenvalue weighted by Gasteiger charge is -2.28. The molecule has 0 bridgehead atoms. The molecule has 6 rings (SSSR count). The summed E-state index contributed by atoms with van der Waals surface area (Å²) in [5.41, 5.74) is 5.50. The van der Waals surface area contributed by atoms with Gasteiger partial charge in [0, 0.05) is 27.8 Å². The number of benzene rings is 4. The number of hydrogen-bond donors (Lipinski definition) is 1. The number of ether oxygens (including phenoxy) is 2. The van der Waals surface area contributed by atoms with Crippen LogP contribution < -0.4 is 9.47 Å². The summed E-state index contributed by atoms with van der Waals surface area (Å²) in [5, 5.41) is 11.6. The second-order valence-corrected chi connectivity index (χ2v) is 8.16. The molecule has 1 N–H and O–H groups in total. The van der Waals surface area contributed by atoms with E-state index < -0.39 is 0 Å². The molecule has 0 spiro atoms. The minimum atomic E-state index is -0.299. The van der Waals surface area contributed by atoms with Gasteiger partial charge < -0.3 is 14.6 Å². The Morgan fingerprint density at radius 3 is 2.39 bits per heavy atom. The molecular weight excluding hydrogens is 416 g/mol. The third kappa shape index (κ3) is 3.02. The smallest absolute Gasteiger partial charge is 0.312 e. The van der Waals surface area contributed by atoms with Crippen LogP contribution in [0.2, 0.25) is 0 Å². The highest BCUT2D eigenvalue weighted by atomic mass is 16.5. The average Bonchev–Trinajstić information content (AvgIpc) is 2.87. The summed E-state index contributed by atoms with van der Waals surface area (Å²) in [6.07, 6.45) is 0.173. The normalized spacial score (nSPS) is 15.6. The summed E-state index contributed by atoms with van der Waals surface area (Å²) in [4.78, 5) is 22.7. The predicted octanol–water partition coefficient (Wildman–Crippen LogP) is 4.88. The maximum atomic E-state index is 12.7. The molecule has 0 amide bonds. The van der Waals surface area contributed by atoms with Gasteiger partial charge in [-0.3, -0.25) is 4.79 Å². The van der Waals surface area contributed by atoms with E-state index in [1.54, 1.807) is 7.11 Å². The highest BCUT2D eigenvalue weighted by Gasteiger charge is 2.33. The molecule has 6 heteroatoms. The van der Waals surface area contributed by atoms with Gasteiger partial charge in [0.25, 0.3) is 0 Å². The Balaban J connectivity index is 1.73. The van der Waals surface area contributed by atoms with E-state index in [9.17, 15) is 9.90 Å². The van der Waals surface area contributed by atoms with Crippen molar-refractivity contribution in [3.8, 4) is 11.5 Å². The van der Waals surface area contributed by atoms with Crippen molar-refractivity contribution >= 4 is 38.8 Å². The molecule has 1 aromatic heterocycles. The highest BCUT2D eigenvalue weighted by molar-refractivity contribution is 6.12. The van der Waals surface area contributed by atoms with E-state index in [0.717, 1.165) is 44.0 Å². The summed E-state index contributed by atoms with van der Waals surface area (Å²) < 4.78 is 11.2. The van der Waals surface area contributed by atoms with Crippen LogP contribution in [0.5, 0.6) is 11.5 Å². The fraction of sp³-hybridized carbons (Fsp3) is 0.148. The summed E-state index contributed by atoms with van der Waals surface area (Å²) >= 11 is 0. The first-order chi connectivity index (χ1) is 16.2. The molecule has 6 nitrogen and oxygen atoms in total. The number of carbonyl (C=O) groups is 1. The topological polar surface area (TPSA) is 81.5 Å². The Labute approximate surface area is 189 Å². The van der Waals surface area contributed by atoms with Crippen LogP contribution in [-0.4, -0.2) is 28.2 Å². The minimum Gasteiger partial charge on any atom is -0.496 e. The number of hydrogen-bond acceptors (Lipinski definition) is 6. The maximum Gasteiger partial charge on any atom is 0.312 e. The molecule has 0 saturated carbocycles. The van der Waals surface area contributed by atoms with Gasteiger partial charge in [-0.2, -0.15) is 0 Å². The van der Waals surface area contributed by atoms with Gasteiger partial charge in [0.2, 0.25) is 0 Å². The number of methoxy groups -OCH3 is 1. The molecule has 0 aliphatic carbocycles. The molecular formula is C27H20N2O4. The number of fused-ring (bicyclic) bond motifs is 7. The summed E-state index contributed by atoms with van der Waals surface area (Å²) in [6, 6.07) is 21.2. The van der Waals surface area contributed by atoms with Gasteiger partial charge >= 0.3 is 5.97 Å².